The molecule has 0 aromatic carbocycles. The van der Waals surface area contributed by atoms with Crippen molar-refractivity contribution in [3.8, 4) is 0 Å². The zero-order chi connectivity index (χ0) is 8.97. The van der Waals surface area contributed by atoms with Gasteiger partial charge in [-0.25, -0.2) is 0 Å². The molecule has 0 saturated heterocycles. The lowest BCUT2D eigenvalue weighted by molar-refractivity contribution is 1.07. The standard InChI is InChI=1S/C9H13N3/c1-4-8(11-7(2)3)9-5-6-10-12-9/h4-6H,1-3H3,(H,10,12)/b8-4-. The van der Waals surface area contributed by atoms with E-state index in [2.05, 4.69) is 15.2 Å². The van der Waals surface area contributed by atoms with Gasteiger partial charge in [0.25, 0.3) is 0 Å². The SMILES string of the molecule is C/C=C(\N=C(C)C)c1ccn[nH]1. The molecule has 0 fully saturated rings. The highest BCUT2D eigenvalue weighted by Gasteiger charge is 1.98. The van der Waals surface area contributed by atoms with Crippen molar-refractivity contribution in [2.45, 2.75) is 20.8 Å². The summed E-state index contributed by atoms with van der Waals surface area (Å²) in [5.74, 6) is 0. The number of hydrogen-bond acceptors (Lipinski definition) is 2. The number of allylic oxidation sites excluding steroid dienone is 1. The van der Waals surface area contributed by atoms with Crippen LogP contribution < -0.4 is 0 Å². The van der Waals surface area contributed by atoms with Gasteiger partial charge in [-0.3, -0.25) is 10.1 Å². The van der Waals surface area contributed by atoms with Gasteiger partial charge >= 0.3 is 0 Å². The van der Waals surface area contributed by atoms with Crippen LogP contribution in [0.4, 0.5) is 0 Å². The summed E-state index contributed by atoms with van der Waals surface area (Å²) in [5.41, 5.74) is 2.93. The van der Waals surface area contributed by atoms with Gasteiger partial charge in [0, 0.05) is 11.9 Å². The van der Waals surface area contributed by atoms with Gasteiger partial charge in [-0.2, -0.15) is 5.10 Å². The summed E-state index contributed by atoms with van der Waals surface area (Å²) in [7, 11) is 0. The number of H-pyrrole nitrogens is 1. The summed E-state index contributed by atoms with van der Waals surface area (Å²) in [6.07, 6.45) is 3.68. The van der Waals surface area contributed by atoms with Gasteiger partial charge in [0.1, 0.15) is 0 Å². The van der Waals surface area contributed by atoms with Crippen molar-refractivity contribution in [3.05, 3.63) is 24.0 Å². The Kier molecular flexibility index (Phi) is 2.80. The van der Waals surface area contributed by atoms with Crippen LogP contribution in [0.25, 0.3) is 5.70 Å². The van der Waals surface area contributed by atoms with Gasteiger partial charge in [0.05, 0.1) is 11.4 Å². The number of nitrogens with one attached hydrogen (secondary N) is 1. The number of aromatic amines is 1. The predicted octanol–water partition coefficient (Wildman–Crippen LogP) is 2.25. The van der Waals surface area contributed by atoms with E-state index < -0.39 is 0 Å². The van der Waals surface area contributed by atoms with Crippen molar-refractivity contribution in [1.82, 2.24) is 10.2 Å². The number of nitrogens with zero attached hydrogens (tertiary/aromatic N) is 2. The second-order valence-corrected chi connectivity index (χ2v) is 2.70. The summed E-state index contributed by atoms with van der Waals surface area (Å²) >= 11 is 0. The fourth-order valence-corrected chi connectivity index (χ4v) is 0.920. The zero-order valence-corrected chi connectivity index (χ0v) is 7.63. The van der Waals surface area contributed by atoms with Crippen molar-refractivity contribution in [2.24, 2.45) is 4.99 Å². The Bertz CT molecular complexity index is 290. The van der Waals surface area contributed by atoms with Crippen molar-refractivity contribution >= 4 is 11.4 Å². The van der Waals surface area contributed by atoms with E-state index in [4.69, 9.17) is 0 Å². The fourth-order valence-electron chi connectivity index (χ4n) is 0.920. The monoisotopic (exact) mass is 163 g/mol. The predicted molar refractivity (Wildman–Crippen MR) is 51.0 cm³/mol. The molecule has 0 amide bonds. The van der Waals surface area contributed by atoms with E-state index in [1.54, 1.807) is 6.20 Å². The molecular weight excluding hydrogens is 150 g/mol. The topological polar surface area (TPSA) is 41.0 Å². The van der Waals surface area contributed by atoms with Gasteiger partial charge in [-0.05, 0) is 26.8 Å². The van der Waals surface area contributed by atoms with Crippen LogP contribution in [0.15, 0.2) is 23.3 Å². The van der Waals surface area contributed by atoms with E-state index in [0.29, 0.717) is 0 Å². The molecule has 1 aromatic rings. The third-order valence-electron chi connectivity index (χ3n) is 1.39. The Morgan fingerprint density at radius 1 is 1.58 bits per heavy atom. The normalized spacial score (nSPS) is 11.4. The molecule has 1 N–H and O–H groups in total. The van der Waals surface area contributed by atoms with Crippen LogP contribution in [0, 0.1) is 0 Å². The summed E-state index contributed by atoms with van der Waals surface area (Å²) in [6.45, 7) is 5.91. The molecule has 64 valence electrons. The highest BCUT2D eigenvalue weighted by atomic mass is 15.1. The Labute approximate surface area is 72.2 Å². The molecule has 0 atom stereocenters. The molecule has 3 nitrogen and oxygen atoms in total. The van der Waals surface area contributed by atoms with E-state index in [9.17, 15) is 0 Å². The Morgan fingerprint density at radius 3 is 2.75 bits per heavy atom. The zero-order valence-electron chi connectivity index (χ0n) is 7.63. The van der Waals surface area contributed by atoms with Crippen LogP contribution in [0.2, 0.25) is 0 Å². The molecule has 3 heteroatoms. The van der Waals surface area contributed by atoms with E-state index in [1.807, 2.05) is 32.9 Å². The second-order valence-electron chi connectivity index (χ2n) is 2.70. The molecule has 0 saturated carbocycles. The third kappa shape index (κ3) is 2.05. The maximum absolute atomic E-state index is 4.34. The van der Waals surface area contributed by atoms with E-state index >= 15 is 0 Å². The first-order valence-corrected chi connectivity index (χ1v) is 3.92. The minimum absolute atomic E-state index is 0.938. The first kappa shape index (κ1) is 8.71. The fraction of sp³-hybridized carbons (Fsp3) is 0.333. The van der Waals surface area contributed by atoms with Crippen molar-refractivity contribution in [1.29, 1.82) is 0 Å². The van der Waals surface area contributed by atoms with Gasteiger partial charge in [0.2, 0.25) is 0 Å². The van der Waals surface area contributed by atoms with Gasteiger partial charge in [0.15, 0.2) is 0 Å². The molecule has 0 spiro atoms. The Morgan fingerprint density at radius 2 is 2.33 bits per heavy atom. The molecule has 0 bridgehead atoms. The average molecular weight is 163 g/mol. The van der Waals surface area contributed by atoms with Crippen LogP contribution in [0.1, 0.15) is 26.5 Å². The first-order valence-electron chi connectivity index (χ1n) is 3.92. The average Bonchev–Trinajstić information content (AvgIpc) is 2.51. The minimum Gasteiger partial charge on any atom is -0.276 e. The molecule has 0 aliphatic carbocycles. The summed E-state index contributed by atoms with van der Waals surface area (Å²) < 4.78 is 0. The number of rotatable bonds is 2. The maximum atomic E-state index is 4.34. The Hall–Kier alpha value is -1.38. The molecule has 0 unspecified atom stereocenters. The lowest BCUT2D eigenvalue weighted by Gasteiger charge is -1.96. The van der Waals surface area contributed by atoms with Crippen molar-refractivity contribution in [3.63, 3.8) is 0 Å². The van der Waals surface area contributed by atoms with Gasteiger partial charge in [-0.1, -0.05) is 6.08 Å². The molecule has 1 aromatic heterocycles. The Balaban J connectivity index is 2.93. The molecule has 0 radical (unpaired) electrons. The molecular formula is C9H13N3. The van der Waals surface area contributed by atoms with Crippen LogP contribution in [0.5, 0.6) is 0 Å². The molecule has 0 aliphatic rings. The first-order chi connectivity index (χ1) is 5.74. The highest BCUT2D eigenvalue weighted by molar-refractivity contribution is 5.85. The summed E-state index contributed by atoms with van der Waals surface area (Å²) in [6, 6.07) is 1.90. The lowest BCUT2D eigenvalue weighted by Crippen LogP contribution is -1.86. The van der Waals surface area contributed by atoms with Crippen molar-refractivity contribution in [2.75, 3.05) is 0 Å². The van der Waals surface area contributed by atoms with E-state index in [-0.39, 0.29) is 0 Å². The van der Waals surface area contributed by atoms with Crippen LogP contribution >= 0.6 is 0 Å². The highest BCUT2D eigenvalue weighted by Crippen LogP contribution is 2.11. The summed E-state index contributed by atoms with van der Waals surface area (Å²) in [5, 5.41) is 6.73. The van der Waals surface area contributed by atoms with Crippen molar-refractivity contribution < 1.29 is 0 Å². The summed E-state index contributed by atoms with van der Waals surface area (Å²) in [4.78, 5) is 4.34. The quantitative estimate of drug-likeness (QED) is 0.667. The lowest BCUT2D eigenvalue weighted by atomic mass is 10.3. The number of aliphatic imine (C=N–C) groups is 1. The van der Waals surface area contributed by atoms with Gasteiger partial charge < -0.3 is 0 Å². The molecule has 1 heterocycles. The van der Waals surface area contributed by atoms with E-state index in [0.717, 1.165) is 17.1 Å². The van der Waals surface area contributed by atoms with Crippen LogP contribution in [-0.2, 0) is 0 Å². The van der Waals surface area contributed by atoms with E-state index in [1.165, 1.54) is 0 Å². The largest absolute Gasteiger partial charge is 0.276 e. The molecule has 12 heavy (non-hydrogen) atoms. The van der Waals surface area contributed by atoms with Gasteiger partial charge in [-0.15, -0.1) is 0 Å². The maximum Gasteiger partial charge on any atom is 0.0836 e. The van der Waals surface area contributed by atoms with Crippen LogP contribution in [0.3, 0.4) is 0 Å². The van der Waals surface area contributed by atoms with Crippen LogP contribution in [-0.4, -0.2) is 15.9 Å². The minimum atomic E-state index is 0.938. The molecule has 0 aliphatic heterocycles. The number of hydrogen-bond donors (Lipinski definition) is 1. The smallest absolute Gasteiger partial charge is 0.0836 e. The second kappa shape index (κ2) is 3.85. The molecule has 1 rings (SSSR count). The third-order valence-corrected chi connectivity index (χ3v) is 1.39. The number of aromatic nitrogens is 2.